The van der Waals surface area contributed by atoms with Crippen LogP contribution in [0.2, 0.25) is 0 Å². The van der Waals surface area contributed by atoms with Crippen LogP contribution in [0.25, 0.3) is 22.3 Å². The Bertz CT molecular complexity index is 1730. The Balaban J connectivity index is 1.50. The Morgan fingerprint density at radius 2 is 1.77 bits per heavy atom. The molecule has 40 heavy (non-hydrogen) atoms. The van der Waals surface area contributed by atoms with Gasteiger partial charge in [-0.25, -0.2) is 9.71 Å². The standard InChI is InChI=1S/C29H30N4O6S/c1-18-16-22(28-23(17-18)26(34)19(2)27(39-28)21-8-5-4-6-9-21)20(3)31-24-10-7-11-30-25(24)29(35)32-40(36,37)33-12-14-38-15-13-33/h4-11,16-17,20,31H,12-15H2,1-3H3,(H,32,35)/t20-/m1/s1. The number of carbonyl (C=O) groups excluding carboxylic acids is 1. The molecule has 2 N–H and O–H groups in total. The van der Waals surface area contributed by atoms with Gasteiger partial charge in [-0.2, -0.15) is 12.7 Å². The lowest BCUT2D eigenvalue weighted by Gasteiger charge is -2.26. The number of pyridine rings is 1. The molecule has 2 aromatic carbocycles. The summed E-state index contributed by atoms with van der Waals surface area (Å²) in [5, 5.41) is 3.73. The third kappa shape index (κ3) is 5.48. The third-order valence-electron chi connectivity index (χ3n) is 6.82. The summed E-state index contributed by atoms with van der Waals surface area (Å²) in [6.45, 7) is 6.35. The molecule has 3 heterocycles. The van der Waals surface area contributed by atoms with Crippen molar-refractivity contribution >= 4 is 32.8 Å². The second-order valence-electron chi connectivity index (χ2n) is 9.70. The summed E-state index contributed by atoms with van der Waals surface area (Å²) in [6, 6.07) is 16.0. The Hall–Kier alpha value is -4.06. The van der Waals surface area contributed by atoms with Gasteiger partial charge in [0.05, 0.1) is 30.3 Å². The van der Waals surface area contributed by atoms with Gasteiger partial charge in [-0.15, -0.1) is 0 Å². The highest BCUT2D eigenvalue weighted by Crippen LogP contribution is 2.32. The summed E-state index contributed by atoms with van der Waals surface area (Å²) in [6.07, 6.45) is 1.42. The molecule has 1 saturated heterocycles. The minimum absolute atomic E-state index is 0.0783. The molecule has 0 saturated carbocycles. The van der Waals surface area contributed by atoms with Crippen LogP contribution in [0.3, 0.4) is 0 Å². The fourth-order valence-electron chi connectivity index (χ4n) is 4.78. The SMILES string of the molecule is Cc1cc([C@@H](C)Nc2cccnc2C(=O)NS(=O)(=O)N2CCOCC2)c2oc(-c3ccccc3)c(C)c(=O)c2c1. The van der Waals surface area contributed by atoms with Crippen LogP contribution in [0.4, 0.5) is 5.69 Å². The van der Waals surface area contributed by atoms with Crippen LogP contribution in [-0.2, 0) is 14.9 Å². The lowest BCUT2D eigenvalue weighted by Crippen LogP contribution is -2.48. The highest BCUT2D eigenvalue weighted by molar-refractivity contribution is 7.87. The van der Waals surface area contributed by atoms with Crippen LogP contribution in [0, 0.1) is 13.8 Å². The molecule has 11 heteroatoms. The molecule has 5 rings (SSSR count). The van der Waals surface area contributed by atoms with Gasteiger partial charge in [0.1, 0.15) is 11.3 Å². The number of carbonyl (C=O) groups is 1. The van der Waals surface area contributed by atoms with Gasteiger partial charge in [0, 0.05) is 36.0 Å². The Morgan fingerprint density at radius 3 is 2.50 bits per heavy atom. The van der Waals surface area contributed by atoms with Gasteiger partial charge in [-0.05, 0) is 44.5 Å². The predicted octanol–water partition coefficient (Wildman–Crippen LogP) is 3.95. The fraction of sp³-hybridized carbons (Fsp3) is 0.276. The quantitative estimate of drug-likeness (QED) is 0.346. The minimum Gasteiger partial charge on any atom is -0.455 e. The molecule has 208 valence electrons. The van der Waals surface area contributed by atoms with E-state index < -0.39 is 22.2 Å². The predicted molar refractivity (Wildman–Crippen MR) is 152 cm³/mol. The summed E-state index contributed by atoms with van der Waals surface area (Å²) in [7, 11) is -4.07. The molecule has 1 atom stereocenters. The van der Waals surface area contributed by atoms with Crippen molar-refractivity contribution < 1.29 is 22.4 Å². The van der Waals surface area contributed by atoms with Crippen LogP contribution in [0.15, 0.2) is 70.0 Å². The van der Waals surface area contributed by atoms with E-state index in [0.29, 0.717) is 33.5 Å². The molecule has 1 aliphatic heterocycles. The number of benzene rings is 2. The van der Waals surface area contributed by atoms with Crippen molar-refractivity contribution in [3.8, 4) is 11.3 Å². The smallest absolute Gasteiger partial charge is 0.304 e. The number of hydrogen-bond donors (Lipinski definition) is 2. The maximum atomic E-state index is 13.4. The summed E-state index contributed by atoms with van der Waals surface area (Å²) in [5.74, 6) is -0.366. The first-order chi connectivity index (χ1) is 19.2. The van der Waals surface area contributed by atoms with E-state index in [9.17, 15) is 18.0 Å². The topological polar surface area (TPSA) is 131 Å². The zero-order chi connectivity index (χ0) is 28.4. The zero-order valence-electron chi connectivity index (χ0n) is 22.4. The van der Waals surface area contributed by atoms with Crippen molar-refractivity contribution in [2.24, 2.45) is 0 Å². The van der Waals surface area contributed by atoms with Crippen LogP contribution in [0.1, 0.15) is 40.1 Å². The second-order valence-corrected chi connectivity index (χ2v) is 11.4. The first-order valence-electron chi connectivity index (χ1n) is 12.9. The van der Waals surface area contributed by atoms with Gasteiger partial charge in [-0.3, -0.25) is 9.59 Å². The third-order valence-corrected chi connectivity index (χ3v) is 8.31. The molecule has 2 aromatic heterocycles. The molecule has 0 spiro atoms. The van der Waals surface area contributed by atoms with Crippen molar-refractivity contribution in [1.82, 2.24) is 14.0 Å². The number of hydrogen-bond acceptors (Lipinski definition) is 8. The highest BCUT2D eigenvalue weighted by Gasteiger charge is 2.28. The number of morpholine rings is 1. The maximum absolute atomic E-state index is 13.4. The summed E-state index contributed by atoms with van der Waals surface area (Å²) in [5.41, 5.74) is 3.46. The maximum Gasteiger partial charge on any atom is 0.304 e. The van der Waals surface area contributed by atoms with Crippen LogP contribution < -0.4 is 15.5 Å². The van der Waals surface area contributed by atoms with Crippen LogP contribution in [-0.4, -0.2) is 49.9 Å². The molecule has 1 aliphatic rings. The van der Waals surface area contributed by atoms with Crippen LogP contribution >= 0.6 is 0 Å². The highest BCUT2D eigenvalue weighted by atomic mass is 32.2. The van der Waals surface area contributed by atoms with Gasteiger partial charge in [-0.1, -0.05) is 36.4 Å². The molecule has 1 amide bonds. The van der Waals surface area contributed by atoms with Gasteiger partial charge in [0.2, 0.25) is 0 Å². The second kappa shape index (κ2) is 11.2. The summed E-state index contributed by atoms with van der Waals surface area (Å²) >= 11 is 0. The first-order valence-corrected chi connectivity index (χ1v) is 14.3. The van der Waals surface area contributed by atoms with Gasteiger partial charge < -0.3 is 14.5 Å². The van der Waals surface area contributed by atoms with E-state index in [0.717, 1.165) is 11.1 Å². The van der Waals surface area contributed by atoms with E-state index in [1.807, 2.05) is 50.2 Å². The number of fused-ring (bicyclic) bond motifs is 1. The van der Waals surface area contributed by atoms with Crippen molar-refractivity contribution in [2.45, 2.75) is 26.8 Å². The largest absolute Gasteiger partial charge is 0.455 e. The number of rotatable bonds is 7. The average Bonchev–Trinajstić information content (AvgIpc) is 2.95. The number of amides is 1. The molecule has 1 fully saturated rings. The molecular weight excluding hydrogens is 532 g/mol. The lowest BCUT2D eigenvalue weighted by atomic mass is 9.98. The Labute approximate surface area is 232 Å². The molecule has 0 aliphatic carbocycles. The lowest BCUT2D eigenvalue weighted by molar-refractivity contribution is 0.0718. The molecule has 0 unspecified atom stereocenters. The zero-order valence-corrected chi connectivity index (χ0v) is 23.2. The normalized spacial score (nSPS) is 15.1. The van der Waals surface area contributed by atoms with E-state index in [1.165, 1.54) is 10.5 Å². The number of aryl methyl sites for hydroxylation is 1. The van der Waals surface area contributed by atoms with Crippen molar-refractivity contribution in [1.29, 1.82) is 0 Å². The van der Waals surface area contributed by atoms with Crippen molar-refractivity contribution in [3.63, 3.8) is 0 Å². The first kappa shape index (κ1) is 27.5. The van der Waals surface area contributed by atoms with Crippen LogP contribution in [0.5, 0.6) is 0 Å². The number of ether oxygens (including phenoxy) is 1. The molecule has 10 nitrogen and oxygen atoms in total. The van der Waals surface area contributed by atoms with E-state index in [-0.39, 0.29) is 37.4 Å². The molecule has 4 aromatic rings. The average molecular weight is 563 g/mol. The van der Waals surface area contributed by atoms with Gasteiger partial charge >= 0.3 is 10.2 Å². The number of nitrogens with one attached hydrogen (secondary N) is 2. The van der Waals surface area contributed by atoms with Gasteiger partial charge in [0.25, 0.3) is 5.91 Å². The Morgan fingerprint density at radius 1 is 1.05 bits per heavy atom. The fourth-order valence-corrected chi connectivity index (χ4v) is 5.87. The molecular formula is C29H30N4O6S. The van der Waals surface area contributed by atoms with E-state index in [4.69, 9.17) is 9.15 Å². The number of nitrogens with zero attached hydrogens (tertiary/aromatic N) is 2. The Kier molecular flexibility index (Phi) is 7.70. The van der Waals surface area contributed by atoms with Gasteiger partial charge in [0.15, 0.2) is 11.1 Å². The monoisotopic (exact) mass is 562 g/mol. The number of anilines is 1. The van der Waals surface area contributed by atoms with Crippen molar-refractivity contribution in [3.05, 3.63) is 93.4 Å². The minimum atomic E-state index is -4.07. The summed E-state index contributed by atoms with van der Waals surface area (Å²) < 4.78 is 40.4. The summed E-state index contributed by atoms with van der Waals surface area (Å²) in [4.78, 5) is 30.6. The van der Waals surface area contributed by atoms with Crippen molar-refractivity contribution in [2.75, 3.05) is 31.6 Å². The van der Waals surface area contributed by atoms with E-state index in [1.54, 1.807) is 25.1 Å². The number of aromatic nitrogens is 1. The molecule has 0 radical (unpaired) electrons. The van der Waals surface area contributed by atoms with E-state index >= 15 is 0 Å². The van der Waals surface area contributed by atoms with E-state index in [2.05, 4.69) is 15.0 Å². The molecule has 0 bridgehead atoms.